The number of hydrogen-bond donors (Lipinski definition) is 1. The number of rotatable bonds is 3. The van der Waals surface area contributed by atoms with Crippen molar-refractivity contribution in [1.82, 2.24) is 10.2 Å². The van der Waals surface area contributed by atoms with Gasteiger partial charge in [-0.2, -0.15) is 8.78 Å². The Bertz CT molecular complexity index is 199. The summed E-state index contributed by atoms with van der Waals surface area (Å²) in [6, 6.07) is -0.106. The van der Waals surface area contributed by atoms with Gasteiger partial charge < -0.3 is 10.2 Å². The topological polar surface area (TPSA) is 32.3 Å². The number of piperidine rings is 1. The van der Waals surface area contributed by atoms with E-state index in [1.807, 2.05) is 6.92 Å². The van der Waals surface area contributed by atoms with Gasteiger partial charge in [-0.05, 0) is 25.9 Å². The van der Waals surface area contributed by atoms with E-state index >= 15 is 0 Å². The van der Waals surface area contributed by atoms with E-state index in [0.717, 1.165) is 25.9 Å². The minimum Gasteiger partial charge on any atom is -0.347 e. The average Bonchev–Trinajstić information content (AvgIpc) is 2.18. The Morgan fingerprint density at radius 2 is 2.36 bits per heavy atom. The largest absolute Gasteiger partial charge is 0.347 e. The molecule has 0 spiro atoms. The van der Waals surface area contributed by atoms with E-state index in [4.69, 9.17) is 0 Å². The number of amides is 1. The molecule has 82 valence electrons. The first-order chi connectivity index (χ1) is 6.63. The van der Waals surface area contributed by atoms with E-state index in [0.29, 0.717) is 6.54 Å². The van der Waals surface area contributed by atoms with Gasteiger partial charge >= 0.3 is 6.43 Å². The highest BCUT2D eigenvalue weighted by molar-refractivity contribution is 5.79. The third-order valence-electron chi connectivity index (χ3n) is 2.50. The van der Waals surface area contributed by atoms with Crippen LogP contribution in [0.15, 0.2) is 0 Å². The molecular formula is C9H16F2N2O. The van der Waals surface area contributed by atoms with Gasteiger partial charge in [-0.15, -0.1) is 0 Å². The molecule has 5 heteroatoms. The zero-order chi connectivity index (χ0) is 10.6. The summed E-state index contributed by atoms with van der Waals surface area (Å²) in [5, 5.41) is 2.35. The molecular weight excluding hydrogens is 190 g/mol. The zero-order valence-electron chi connectivity index (χ0n) is 8.30. The zero-order valence-corrected chi connectivity index (χ0v) is 8.30. The number of nitrogens with one attached hydrogen (secondary N) is 1. The molecule has 1 heterocycles. The first kappa shape index (κ1) is 11.4. The highest BCUT2D eigenvalue weighted by Gasteiger charge is 2.23. The van der Waals surface area contributed by atoms with Gasteiger partial charge in [0, 0.05) is 12.6 Å². The van der Waals surface area contributed by atoms with Crippen LogP contribution in [-0.2, 0) is 4.79 Å². The molecule has 0 aromatic heterocycles. The van der Waals surface area contributed by atoms with Gasteiger partial charge in [0.2, 0.25) is 0 Å². The lowest BCUT2D eigenvalue weighted by Gasteiger charge is -2.32. The van der Waals surface area contributed by atoms with Gasteiger partial charge in [-0.3, -0.25) is 4.79 Å². The van der Waals surface area contributed by atoms with Gasteiger partial charge in [0.1, 0.15) is 0 Å². The minimum absolute atomic E-state index is 0.106. The Balaban J connectivity index is 2.34. The maximum absolute atomic E-state index is 11.9. The first-order valence-corrected chi connectivity index (χ1v) is 4.94. The Morgan fingerprint density at radius 1 is 1.64 bits per heavy atom. The summed E-state index contributed by atoms with van der Waals surface area (Å²) in [5.41, 5.74) is 0. The summed E-state index contributed by atoms with van der Waals surface area (Å²) in [7, 11) is 0. The SMILES string of the molecule is CCN1CCCC(NC(=O)C(F)F)C1. The van der Waals surface area contributed by atoms with Crippen LogP contribution < -0.4 is 5.32 Å². The number of halogens is 2. The second kappa shape index (κ2) is 5.24. The van der Waals surface area contributed by atoms with Gasteiger partial charge in [0.15, 0.2) is 0 Å². The second-order valence-electron chi connectivity index (χ2n) is 3.54. The summed E-state index contributed by atoms with van der Waals surface area (Å²) in [6.07, 6.45) is -1.14. The van der Waals surface area contributed by atoms with Gasteiger partial charge in [0.05, 0.1) is 0 Å². The molecule has 1 aliphatic heterocycles. The number of likely N-dealkylation sites (tertiary alicyclic amines) is 1. The molecule has 1 aliphatic rings. The fraction of sp³-hybridized carbons (Fsp3) is 0.889. The number of hydrogen-bond acceptors (Lipinski definition) is 2. The molecule has 1 amide bonds. The molecule has 1 N–H and O–H groups in total. The van der Waals surface area contributed by atoms with Crippen molar-refractivity contribution in [3.05, 3.63) is 0 Å². The third-order valence-corrected chi connectivity index (χ3v) is 2.50. The molecule has 1 saturated heterocycles. The predicted molar refractivity (Wildman–Crippen MR) is 49.3 cm³/mol. The van der Waals surface area contributed by atoms with E-state index in [9.17, 15) is 13.6 Å². The highest BCUT2D eigenvalue weighted by atomic mass is 19.3. The van der Waals surface area contributed by atoms with Crippen molar-refractivity contribution < 1.29 is 13.6 Å². The van der Waals surface area contributed by atoms with Gasteiger partial charge in [0.25, 0.3) is 5.91 Å². The number of carbonyl (C=O) groups is 1. The molecule has 1 fully saturated rings. The van der Waals surface area contributed by atoms with E-state index in [2.05, 4.69) is 10.2 Å². The van der Waals surface area contributed by atoms with Crippen LogP contribution in [0, 0.1) is 0 Å². The Hall–Kier alpha value is -0.710. The van der Waals surface area contributed by atoms with Crippen molar-refractivity contribution in [2.75, 3.05) is 19.6 Å². The average molecular weight is 206 g/mol. The molecule has 0 aromatic rings. The predicted octanol–water partition coefficient (Wildman–Crippen LogP) is 0.852. The van der Waals surface area contributed by atoms with Crippen LogP contribution in [0.25, 0.3) is 0 Å². The van der Waals surface area contributed by atoms with E-state index in [1.54, 1.807) is 0 Å². The van der Waals surface area contributed by atoms with Crippen molar-refractivity contribution in [3.8, 4) is 0 Å². The molecule has 1 unspecified atom stereocenters. The lowest BCUT2D eigenvalue weighted by molar-refractivity contribution is -0.132. The van der Waals surface area contributed by atoms with E-state index < -0.39 is 12.3 Å². The normalized spacial score (nSPS) is 23.9. The lowest BCUT2D eigenvalue weighted by atomic mass is 10.1. The summed E-state index contributed by atoms with van der Waals surface area (Å²) in [5.74, 6) is -1.15. The number of carbonyl (C=O) groups excluding carboxylic acids is 1. The van der Waals surface area contributed by atoms with Gasteiger partial charge in [-0.25, -0.2) is 0 Å². The smallest absolute Gasteiger partial charge is 0.315 e. The molecule has 3 nitrogen and oxygen atoms in total. The second-order valence-corrected chi connectivity index (χ2v) is 3.54. The standard InChI is InChI=1S/C9H16F2N2O/c1-2-13-5-3-4-7(6-13)12-9(14)8(10)11/h7-8H,2-6H2,1H3,(H,12,14). The molecule has 0 aromatic carbocycles. The molecule has 0 aliphatic carbocycles. The van der Waals surface area contributed by atoms with Crippen LogP contribution in [-0.4, -0.2) is 42.9 Å². The van der Waals surface area contributed by atoms with Crippen LogP contribution in [0.1, 0.15) is 19.8 Å². The quantitative estimate of drug-likeness (QED) is 0.742. The van der Waals surface area contributed by atoms with Crippen molar-refractivity contribution in [1.29, 1.82) is 0 Å². The Morgan fingerprint density at radius 3 is 2.93 bits per heavy atom. The minimum atomic E-state index is -2.90. The summed E-state index contributed by atoms with van der Waals surface area (Å²) < 4.78 is 23.9. The summed E-state index contributed by atoms with van der Waals surface area (Å²) >= 11 is 0. The van der Waals surface area contributed by atoms with Crippen molar-refractivity contribution in [3.63, 3.8) is 0 Å². The summed E-state index contributed by atoms with van der Waals surface area (Å²) in [4.78, 5) is 12.9. The van der Waals surface area contributed by atoms with Crippen LogP contribution in [0.2, 0.25) is 0 Å². The number of nitrogens with zero attached hydrogens (tertiary/aromatic N) is 1. The Kier molecular flexibility index (Phi) is 4.25. The van der Waals surface area contributed by atoms with E-state index in [1.165, 1.54) is 0 Å². The van der Waals surface area contributed by atoms with Crippen molar-refractivity contribution in [2.45, 2.75) is 32.2 Å². The van der Waals surface area contributed by atoms with Crippen LogP contribution in [0.4, 0.5) is 8.78 Å². The molecule has 14 heavy (non-hydrogen) atoms. The fourth-order valence-electron chi connectivity index (χ4n) is 1.72. The third kappa shape index (κ3) is 3.21. The lowest BCUT2D eigenvalue weighted by Crippen LogP contribution is -2.48. The maximum Gasteiger partial charge on any atom is 0.315 e. The number of alkyl halides is 2. The molecule has 0 saturated carbocycles. The molecule has 0 radical (unpaired) electrons. The number of likely N-dealkylation sites (N-methyl/N-ethyl adjacent to an activating group) is 1. The van der Waals surface area contributed by atoms with Crippen molar-refractivity contribution in [2.24, 2.45) is 0 Å². The van der Waals surface area contributed by atoms with Crippen LogP contribution in [0.3, 0.4) is 0 Å². The van der Waals surface area contributed by atoms with Crippen LogP contribution >= 0.6 is 0 Å². The molecule has 1 atom stereocenters. The summed E-state index contributed by atoms with van der Waals surface area (Å²) in [6.45, 7) is 4.62. The highest BCUT2D eigenvalue weighted by Crippen LogP contribution is 2.09. The monoisotopic (exact) mass is 206 g/mol. The van der Waals surface area contributed by atoms with Crippen LogP contribution in [0.5, 0.6) is 0 Å². The fourth-order valence-corrected chi connectivity index (χ4v) is 1.72. The van der Waals surface area contributed by atoms with Gasteiger partial charge in [-0.1, -0.05) is 6.92 Å². The van der Waals surface area contributed by atoms with E-state index in [-0.39, 0.29) is 6.04 Å². The molecule has 0 bridgehead atoms. The van der Waals surface area contributed by atoms with Crippen molar-refractivity contribution >= 4 is 5.91 Å². The first-order valence-electron chi connectivity index (χ1n) is 4.94. The Labute approximate surface area is 82.5 Å². The molecule has 1 rings (SSSR count). The maximum atomic E-state index is 11.9.